The van der Waals surface area contributed by atoms with E-state index in [1.807, 2.05) is 33.4 Å². The van der Waals surface area contributed by atoms with Gasteiger partial charge in [0.25, 0.3) is 0 Å². The van der Waals surface area contributed by atoms with Crippen molar-refractivity contribution < 1.29 is 105 Å². The molecule has 4 unspecified atom stereocenters. The number of aromatic nitrogens is 6. The first-order valence-corrected chi connectivity index (χ1v) is 23.6. The number of benzene rings is 3. The predicted molar refractivity (Wildman–Crippen MR) is 241 cm³/mol. The summed E-state index contributed by atoms with van der Waals surface area (Å²) >= 11 is 0. The summed E-state index contributed by atoms with van der Waals surface area (Å²) in [5.41, 5.74) is 2.01. The molecule has 28 heteroatoms. The monoisotopic (exact) mass is 996 g/mol. The Morgan fingerprint density at radius 2 is 0.809 bits per heavy atom. The van der Waals surface area contributed by atoms with Crippen LogP contribution in [0.15, 0.2) is 82.6 Å². The Hall–Kier alpha value is -3.94. The second kappa shape index (κ2) is 24.3. The Balaban J connectivity index is 0.00000432. The van der Waals surface area contributed by atoms with Gasteiger partial charge >= 0.3 is 59.1 Å². The van der Waals surface area contributed by atoms with E-state index in [0.717, 1.165) is 0 Å². The fourth-order valence-corrected chi connectivity index (χ4v) is 8.42. The van der Waals surface area contributed by atoms with Gasteiger partial charge in [-0.05, 0) is 86.6 Å². The van der Waals surface area contributed by atoms with Crippen LogP contribution in [0.2, 0.25) is 0 Å². The molecule has 5 aromatic rings. The van der Waals surface area contributed by atoms with Gasteiger partial charge in [-0.15, -0.1) is 0 Å². The molecule has 4 heterocycles. The Kier molecular flexibility index (Phi) is 19.6. The number of aliphatic hydroxyl groups excluding tert-OH is 4. The molecule has 0 amide bonds. The van der Waals surface area contributed by atoms with Crippen LogP contribution in [0.25, 0.3) is 0 Å². The van der Waals surface area contributed by atoms with Crippen molar-refractivity contribution >= 4 is 78.7 Å². The number of anilines is 10. The van der Waals surface area contributed by atoms with Gasteiger partial charge in [-0.25, -0.2) is 16.8 Å². The number of nitrogens with zero attached hydrogens (tertiary/aromatic N) is 10. The maximum Gasteiger partial charge on any atom is 1.00 e. The molecule has 8 N–H and O–H groups in total. The van der Waals surface area contributed by atoms with Gasteiger partial charge in [-0.3, -0.25) is 9.80 Å². The number of rotatable bonds is 18. The molecule has 3 aromatic carbocycles. The normalized spacial score (nSPS) is 17.9. The molecule has 7 rings (SSSR count). The minimum Gasteiger partial charge on any atom is -0.744 e. The van der Waals surface area contributed by atoms with Crippen LogP contribution < -0.4 is 90.2 Å². The van der Waals surface area contributed by atoms with E-state index in [2.05, 4.69) is 41.2 Å². The van der Waals surface area contributed by atoms with Crippen molar-refractivity contribution in [1.82, 2.24) is 39.7 Å². The van der Waals surface area contributed by atoms with Gasteiger partial charge < -0.3 is 60.6 Å². The number of hydrogen-bond acceptors (Lipinski definition) is 24. The SMILES string of the molecule is CC1CN(CC(O)CO)CCN1c1nc(Nc2ccc(Nc3nc(Nc4ccc(S(=O)(=O)[O-])cc4)nc(N4CCN(CC(O)CO)CC4C)n3)cc2)nc(Nc2ccc(S(=O)(=O)[O-])cc2)n1.[Na+].[Na+]. The quantitative estimate of drug-likeness (QED) is 0.0300. The summed E-state index contributed by atoms with van der Waals surface area (Å²) in [5, 5.41) is 51.3. The average molecular weight is 997 g/mol. The number of hydrogen-bond donors (Lipinski definition) is 8. The molecule has 0 spiro atoms. The number of nitrogens with one attached hydrogen (secondary N) is 4. The molecule has 0 aliphatic carbocycles. The van der Waals surface area contributed by atoms with Gasteiger partial charge in [-0.2, -0.15) is 29.9 Å². The summed E-state index contributed by atoms with van der Waals surface area (Å²) in [6.07, 6.45) is -1.74. The van der Waals surface area contributed by atoms with E-state index >= 15 is 0 Å². The molecule has 2 fully saturated rings. The molecule has 0 saturated carbocycles. The molecule has 2 saturated heterocycles. The largest absolute Gasteiger partial charge is 1.00 e. The first-order valence-electron chi connectivity index (χ1n) is 20.8. The van der Waals surface area contributed by atoms with Gasteiger partial charge in [0.05, 0.1) is 35.2 Å². The van der Waals surface area contributed by atoms with Crippen molar-refractivity contribution in [2.45, 2.75) is 47.9 Å². The zero-order valence-corrected chi connectivity index (χ0v) is 43.5. The van der Waals surface area contributed by atoms with E-state index in [0.29, 0.717) is 87.0 Å². The number of β-amino-alcohol motifs (C(OH)–C–C–N with tert-alkyl or cyclic N) is 2. The Labute approximate surface area is 437 Å². The third-order valence-corrected chi connectivity index (χ3v) is 12.4. The van der Waals surface area contributed by atoms with Gasteiger partial charge in [0.2, 0.25) is 35.7 Å². The van der Waals surface area contributed by atoms with Crippen LogP contribution >= 0.6 is 0 Å². The summed E-state index contributed by atoms with van der Waals surface area (Å²) in [4.78, 5) is 35.2. The maximum absolute atomic E-state index is 11.5. The summed E-state index contributed by atoms with van der Waals surface area (Å²) in [6.45, 7) is 7.12. The fraction of sp³-hybridized carbons (Fsp3) is 0.400. The smallest absolute Gasteiger partial charge is 0.744 e. The molecule has 0 bridgehead atoms. The van der Waals surface area contributed by atoms with Gasteiger partial charge in [0, 0.05) is 87.2 Å². The fourth-order valence-electron chi connectivity index (χ4n) is 7.48. The zero-order valence-electron chi connectivity index (χ0n) is 37.8. The van der Waals surface area contributed by atoms with Crippen LogP contribution in [0.5, 0.6) is 0 Å². The zero-order chi connectivity index (χ0) is 47.2. The van der Waals surface area contributed by atoms with Crippen molar-refractivity contribution in [2.75, 3.05) is 96.6 Å². The van der Waals surface area contributed by atoms with Crippen LogP contribution in [0.4, 0.5) is 58.4 Å². The molecule has 2 aromatic heterocycles. The van der Waals surface area contributed by atoms with Crippen molar-refractivity contribution in [1.29, 1.82) is 0 Å². The minimum absolute atomic E-state index is 0. The average Bonchev–Trinajstić information content (AvgIpc) is 3.26. The van der Waals surface area contributed by atoms with Crippen LogP contribution in [0, 0.1) is 0 Å². The van der Waals surface area contributed by atoms with Crippen LogP contribution in [0.3, 0.4) is 0 Å². The molecule has 0 radical (unpaired) electrons. The van der Waals surface area contributed by atoms with E-state index in [9.17, 15) is 46.4 Å². The first-order chi connectivity index (χ1) is 31.4. The van der Waals surface area contributed by atoms with E-state index in [-0.39, 0.29) is 118 Å². The minimum atomic E-state index is -4.65. The number of piperazine rings is 2. The van der Waals surface area contributed by atoms with E-state index in [1.54, 1.807) is 24.3 Å². The predicted octanol–water partition coefficient (Wildman–Crippen LogP) is -5.43. The summed E-state index contributed by atoms with van der Waals surface area (Å²) in [6, 6.07) is 17.3. The Morgan fingerprint density at radius 3 is 1.06 bits per heavy atom. The molecule has 2 aliphatic rings. The summed E-state index contributed by atoms with van der Waals surface area (Å²) in [5.74, 6) is 1.27. The molecule has 68 heavy (non-hydrogen) atoms. The topological polar surface area (TPSA) is 334 Å². The van der Waals surface area contributed by atoms with Gasteiger partial charge in [0.15, 0.2) is 0 Å². The third kappa shape index (κ3) is 15.0. The second-order valence-corrected chi connectivity index (χ2v) is 18.6. The first kappa shape index (κ1) is 55.0. The van der Waals surface area contributed by atoms with E-state index in [1.165, 1.54) is 48.5 Å². The van der Waals surface area contributed by atoms with Crippen LogP contribution in [0.1, 0.15) is 13.8 Å². The van der Waals surface area contributed by atoms with Crippen molar-refractivity contribution in [3.05, 3.63) is 72.8 Å². The Bertz CT molecular complexity index is 2490. The molecule has 354 valence electrons. The molecule has 24 nitrogen and oxygen atoms in total. The van der Waals surface area contributed by atoms with Crippen molar-refractivity contribution in [3.8, 4) is 0 Å². The molecular formula is C40H50N14Na2O10S2. The van der Waals surface area contributed by atoms with Gasteiger partial charge in [0.1, 0.15) is 20.2 Å². The van der Waals surface area contributed by atoms with Crippen molar-refractivity contribution in [3.63, 3.8) is 0 Å². The molecule has 2 aliphatic heterocycles. The third-order valence-electron chi connectivity index (χ3n) is 10.7. The molecular weight excluding hydrogens is 947 g/mol. The van der Waals surface area contributed by atoms with Gasteiger partial charge in [-0.1, -0.05) is 0 Å². The second-order valence-electron chi connectivity index (χ2n) is 15.9. The standard InChI is InChI=1S/C40H52N14O10S2.2Na/c1-25-19-51(21-31(57)23-55)15-17-53(25)39-47-35(45-37(49-39)43-29-7-11-33(12-8-29)65(59,60)61)41-27-3-5-28(6-4-27)42-36-46-38(44-30-9-13-34(14-10-30)66(62,63)64)50-40(48-36)54-18-16-52(20-26(54)2)22-32(58)24-56;;/h3-14,25-26,31-32,55-58H,15-24H2,1-2H3,(H,59,60,61)(H,62,63,64)(H2,41,43,45,47,49)(H2,42,44,46,48,50);;/q;2*+1/p-2. The Morgan fingerprint density at radius 1 is 0.529 bits per heavy atom. The van der Waals surface area contributed by atoms with Crippen molar-refractivity contribution in [2.24, 2.45) is 0 Å². The number of aliphatic hydroxyl groups is 4. The maximum atomic E-state index is 11.5. The van der Waals surface area contributed by atoms with Crippen LogP contribution in [-0.4, -0.2) is 176 Å². The van der Waals surface area contributed by atoms with E-state index < -0.39 is 32.4 Å². The summed E-state index contributed by atoms with van der Waals surface area (Å²) in [7, 11) is -9.31. The van der Waals surface area contributed by atoms with Crippen LogP contribution in [-0.2, 0) is 20.2 Å². The summed E-state index contributed by atoms with van der Waals surface area (Å²) < 4.78 is 69.1. The molecule has 4 atom stereocenters. The van der Waals surface area contributed by atoms with E-state index in [4.69, 9.17) is 9.97 Å².